The molecule has 10 nitrogen and oxygen atoms in total. The number of benzene rings is 2. The third-order valence-electron chi connectivity index (χ3n) is 6.22. The summed E-state index contributed by atoms with van der Waals surface area (Å²) < 4.78 is 0. The van der Waals surface area contributed by atoms with Gasteiger partial charge in [0.1, 0.15) is 12.1 Å². The minimum Gasteiger partial charge on any atom is -0.390 e. The van der Waals surface area contributed by atoms with Gasteiger partial charge in [0.05, 0.1) is 12.1 Å². The molecule has 8 N–H and O–H groups in total. The Morgan fingerprint density at radius 1 is 1.11 bits per heavy atom. The Balaban J connectivity index is 1.45. The number of fused-ring (bicyclic) bond motifs is 1. The highest BCUT2D eigenvalue weighted by Crippen LogP contribution is 2.22. The molecule has 1 aliphatic rings. The molecule has 0 radical (unpaired) electrons. The Kier molecular flexibility index (Phi) is 7.37. The van der Waals surface area contributed by atoms with Gasteiger partial charge in [-0.05, 0) is 30.7 Å². The van der Waals surface area contributed by atoms with Crippen LogP contribution in [0.25, 0.3) is 10.9 Å². The van der Waals surface area contributed by atoms with Gasteiger partial charge in [-0.15, -0.1) is 0 Å². The van der Waals surface area contributed by atoms with Crippen molar-refractivity contribution in [3.05, 3.63) is 77.5 Å². The Morgan fingerprint density at radius 3 is 2.56 bits per heavy atom. The van der Waals surface area contributed by atoms with E-state index in [0.29, 0.717) is 5.69 Å². The number of anilines is 1. The number of aromatic amines is 1. The number of amides is 4. The van der Waals surface area contributed by atoms with Gasteiger partial charge >= 0.3 is 6.03 Å². The lowest BCUT2D eigenvalue weighted by molar-refractivity contribution is -0.125. The Morgan fingerprint density at radius 2 is 1.83 bits per heavy atom. The largest absolute Gasteiger partial charge is 0.390 e. The van der Waals surface area contributed by atoms with Gasteiger partial charge in [-0.3, -0.25) is 9.59 Å². The van der Waals surface area contributed by atoms with Gasteiger partial charge in [-0.1, -0.05) is 42.0 Å². The van der Waals surface area contributed by atoms with E-state index in [-0.39, 0.29) is 18.4 Å². The summed E-state index contributed by atoms with van der Waals surface area (Å²) in [5.74, 6) is -1.33. The van der Waals surface area contributed by atoms with Crippen LogP contribution in [0.4, 0.5) is 10.5 Å². The van der Waals surface area contributed by atoms with Crippen LogP contribution in [-0.2, 0) is 16.0 Å². The number of nitrogens with one attached hydrogen (secondary N) is 4. The van der Waals surface area contributed by atoms with Crippen LogP contribution in [0, 0.1) is 6.92 Å². The number of aromatic nitrogens is 1. The number of H-pyrrole nitrogens is 1. The summed E-state index contributed by atoms with van der Waals surface area (Å²) in [6.45, 7) is 1.92. The molecule has 0 fully saturated rings. The lowest BCUT2D eigenvalue weighted by atomic mass is 9.89. The topological polar surface area (TPSA) is 170 Å². The molecule has 0 aliphatic heterocycles. The van der Waals surface area contributed by atoms with E-state index in [1.54, 1.807) is 18.3 Å². The molecule has 4 atom stereocenters. The molecule has 0 saturated carbocycles. The highest BCUT2D eigenvalue weighted by atomic mass is 16.3. The molecule has 4 unspecified atom stereocenters. The molecule has 2 aromatic carbocycles. The minimum atomic E-state index is -1.32. The molecule has 1 heterocycles. The normalized spacial score (nSPS) is 20.3. The SMILES string of the molecule is Cc1ccc(NC(=O)NC2C=C(C(=O)NC(Cc3c[nH]c4ccccc34)C(N)=O)CC(O)C2O)cc1. The lowest BCUT2D eigenvalue weighted by Gasteiger charge is -2.31. The van der Waals surface area contributed by atoms with Crippen LogP contribution in [0.5, 0.6) is 0 Å². The highest BCUT2D eigenvalue weighted by Gasteiger charge is 2.34. The lowest BCUT2D eigenvalue weighted by Crippen LogP contribution is -2.53. The van der Waals surface area contributed by atoms with E-state index < -0.39 is 42.1 Å². The summed E-state index contributed by atoms with van der Waals surface area (Å²) in [6.07, 6.45) is 0.558. The van der Waals surface area contributed by atoms with Gasteiger partial charge in [0, 0.05) is 41.2 Å². The van der Waals surface area contributed by atoms with Crippen molar-refractivity contribution in [1.82, 2.24) is 15.6 Å². The van der Waals surface area contributed by atoms with E-state index in [1.165, 1.54) is 6.08 Å². The van der Waals surface area contributed by atoms with E-state index in [1.807, 2.05) is 43.3 Å². The molecule has 0 spiro atoms. The molecule has 0 saturated heterocycles. The van der Waals surface area contributed by atoms with Crippen molar-refractivity contribution in [2.75, 3.05) is 5.32 Å². The summed E-state index contributed by atoms with van der Waals surface area (Å²) in [7, 11) is 0. The van der Waals surface area contributed by atoms with Crippen LogP contribution in [0.1, 0.15) is 17.5 Å². The first kappa shape index (κ1) is 25.0. The first-order chi connectivity index (χ1) is 17.2. The summed E-state index contributed by atoms with van der Waals surface area (Å²) in [4.78, 5) is 40.7. The van der Waals surface area contributed by atoms with Gasteiger partial charge < -0.3 is 36.9 Å². The standard InChI is InChI=1S/C26H29N5O5/c1-14-6-8-17(9-7-14)29-26(36)31-20-10-15(12-22(32)23(20)33)25(35)30-21(24(27)34)11-16-13-28-19-5-3-2-4-18(16)19/h2-10,13,20-23,28,32-33H,11-12H2,1H3,(H2,27,34)(H,30,35)(H2,29,31,36). The van der Waals surface area contributed by atoms with Gasteiger partial charge in [0.25, 0.3) is 0 Å². The number of primary amides is 1. The van der Waals surface area contributed by atoms with Gasteiger partial charge in [-0.25, -0.2) is 4.79 Å². The van der Waals surface area contributed by atoms with Crippen molar-refractivity contribution < 1.29 is 24.6 Å². The molecule has 1 aromatic heterocycles. The first-order valence-electron chi connectivity index (χ1n) is 11.6. The number of carbonyl (C=O) groups excluding carboxylic acids is 3. The number of nitrogens with two attached hydrogens (primary N) is 1. The quantitative estimate of drug-likeness (QED) is 0.263. The highest BCUT2D eigenvalue weighted by molar-refractivity contribution is 5.97. The molecule has 188 valence electrons. The average molecular weight is 492 g/mol. The molecule has 1 aliphatic carbocycles. The summed E-state index contributed by atoms with van der Waals surface area (Å²) in [5, 5.41) is 29.5. The van der Waals surface area contributed by atoms with E-state index in [9.17, 15) is 24.6 Å². The third kappa shape index (κ3) is 5.73. The van der Waals surface area contributed by atoms with Gasteiger partial charge in [-0.2, -0.15) is 0 Å². The smallest absolute Gasteiger partial charge is 0.319 e. The van der Waals surface area contributed by atoms with Crippen molar-refractivity contribution in [2.45, 2.75) is 44.1 Å². The number of carbonyl (C=O) groups is 3. The summed E-state index contributed by atoms with van der Waals surface area (Å²) >= 11 is 0. The Bertz CT molecular complexity index is 1300. The van der Waals surface area contributed by atoms with Crippen LogP contribution < -0.4 is 21.7 Å². The van der Waals surface area contributed by atoms with Crippen LogP contribution in [0.2, 0.25) is 0 Å². The molecule has 36 heavy (non-hydrogen) atoms. The van der Waals surface area contributed by atoms with Crippen LogP contribution in [0.15, 0.2) is 66.4 Å². The van der Waals surface area contributed by atoms with E-state index in [2.05, 4.69) is 20.9 Å². The van der Waals surface area contributed by atoms with Crippen molar-refractivity contribution in [3.8, 4) is 0 Å². The summed E-state index contributed by atoms with van der Waals surface area (Å²) in [6, 6.07) is 12.1. The maximum absolute atomic E-state index is 13.0. The second-order valence-corrected chi connectivity index (χ2v) is 8.94. The van der Waals surface area contributed by atoms with Crippen LogP contribution in [-0.4, -0.2) is 57.3 Å². The fraction of sp³-hybridized carbons (Fsp3) is 0.269. The molecule has 4 rings (SSSR count). The molecule has 0 bridgehead atoms. The zero-order valence-electron chi connectivity index (χ0n) is 19.7. The fourth-order valence-corrected chi connectivity index (χ4v) is 4.21. The predicted octanol–water partition coefficient (Wildman–Crippen LogP) is 1.23. The van der Waals surface area contributed by atoms with Crippen LogP contribution >= 0.6 is 0 Å². The molecular weight excluding hydrogens is 462 g/mol. The monoisotopic (exact) mass is 491 g/mol. The second-order valence-electron chi connectivity index (χ2n) is 8.94. The third-order valence-corrected chi connectivity index (χ3v) is 6.22. The number of hydrogen-bond donors (Lipinski definition) is 7. The zero-order valence-corrected chi connectivity index (χ0v) is 19.7. The number of aryl methyl sites for hydroxylation is 1. The maximum atomic E-state index is 13.0. The fourth-order valence-electron chi connectivity index (χ4n) is 4.21. The number of para-hydroxylation sites is 1. The van der Waals surface area contributed by atoms with Crippen molar-refractivity contribution in [2.24, 2.45) is 5.73 Å². The molecule has 10 heteroatoms. The minimum absolute atomic E-state index is 0.124. The second kappa shape index (κ2) is 10.6. The van der Waals surface area contributed by atoms with Crippen molar-refractivity contribution in [3.63, 3.8) is 0 Å². The molecule has 4 amide bonds. The number of urea groups is 1. The first-order valence-corrected chi connectivity index (χ1v) is 11.6. The Hall–Kier alpha value is -4.15. The van der Waals surface area contributed by atoms with Crippen molar-refractivity contribution >= 4 is 34.4 Å². The van der Waals surface area contributed by atoms with Gasteiger partial charge in [0.2, 0.25) is 11.8 Å². The average Bonchev–Trinajstić information content (AvgIpc) is 3.25. The predicted molar refractivity (Wildman–Crippen MR) is 135 cm³/mol. The molecule has 3 aromatic rings. The maximum Gasteiger partial charge on any atom is 0.319 e. The number of rotatable bonds is 7. The van der Waals surface area contributed by atoms with E-state index >= 15 is 0 Å². The zero-order chi connectivity index (χ0) is 25.8. The summed E-state index contributed by atoms with van der Waals surface area (Å²) in [5.41, 5.74) is 8.98. The van der Waals surface area contributed by atoms with E-state index in [4.69, 9.17) is 5.73 Å². The van der Waals surface area contributed by atoms with E-state index in [0.717, 1.165) is 22.0 Å². The number of aliphatic hydroxyl groups excluding tert-OH is 2. The number of hydrogen-bond acceptors (Lipinski definition) is 5. The number of aliphatic hydroxyl groups is 2. The Labute approximate surface area is 207 Å². The van der Waals surface area contributed by atoms with Crippen molar-refractivity contribution in [1.29, 1.82) is 0 Å². The molecular formula is C26H29N5O5. The van der Waals surface area contributed by atoms with Gasteiger partial charge in [0.15, 0.2) is 0 Å². The van der Waals surface area contributed by atoms with Crippen LogP contribution in [0.3, 0.4) is 0 Å².